The highest BCUT2D eigenvalue weighted by Gasteiger charge is 2.06. The molecule has 2 rings (SSSR count). The first-order valence-electron chi connectivity index (χ1n) is 3.86. The summed E-state index contributed by atoms with van der Waals surface area (Å²) in [6.07, 6.45) is 3.25. The van der Waals surface area contributed by atoms with Crippen molar-refractivity contribution < 1.29 is 4.79 Å². The Hall–Kier alpha value is -1.27. The summed E-state index contributed by atoms with van der Waals surface area (Å²) in [6, 6.07) is 3.81. The number of aromatic nitrogens is 2. The Morgan fingerprint density at radius 2 is 2.57 bits per heavy atom. The molecule has 2 aromatic rings. The van der Waals surface area contributed by atoms with Crippen LogP contribution < -0.4 is 5.32 Å². The van der Waals surface area contributed by atoms with Crippen molar-refractivity contribution >= 4 is 34.3 Å². The number of amides is 1. The van der Waals surface area contributed by atoms with Crippen LogP contribution in [0.15, 0.2) is 34.1 Å². The maximum Gasteiger partial charge on any atom is 0.291 e. The molecule has 0 aliphatic carbocycles. The highest BCUT2D eigenvalue weighted by Crippen LogP contribution is 2.24. The number of hydrogen-bond donors (Lipinski definition) is 2. The number of thiophene rings is 1. The van der Waals surface area contributed by atoms with Gasteiger partial charge in [0.15, 0.2) is 0 Å². The molecule has 2 aromatic heterocycles. The molecule has 0 atom stereocenters. The van der Waals surface area contributed by atoms with Crippen LogP contribution in [0.4, 0.5) is 10.7 Å². The van der Waals surface area contributed by atoms with Crippen molar-refractivity contribution in [1.29, 1.82) is 0 Å². The van der Waals surface area contributed by atoms with Gasteiger partial charge in [-0.2, -0.15) is 0 Å². The predicted octanol–water partition coefficient (Wildman–Crippen LogP) is 2.80. The number of aromatic amines is 1. The summed E-state index contributed by atoms with van der Waals surface area (Å²) in [6.45, 7) is 0. The maximum atomic E-state index is 11.4. The van der Waals surface area contributed by atoms with E-state index in [4.69, 9.17) is 0 Å². The Kier molecular flexibility index (Phi) is 2.85. The smallest absolute Gasteiger partial charge is 0.291 e. The number of rotatable bonds is 2. The van der Waals surface area contributed by atoms with Crippen LogP contribution in [0.5, 0.6) is 0 Å². The van der Waals surface area contributed by atoms with Crippen molar-refractivity contribution in [3.8, 4) is 0 Å². The van der Waals surface area contributed by atoms with Crippen molar-refractivity contribution in [2.45, 2.75) is 4.21 Å². The molecular formula is C8H7N3OS2. The lowest BCUT2D eigenvalue weighted by Gasteiger charge is -1.98. The lowest BCUT2D eigenvalue weighted by Crippen LogP contribution is -2.05. The molecule has 0 aromatic carbocycles. The zero-order valence-electron chi connectivity index (χ0n) is 7.06. The van der Waals surface area contributed by atoms with E-state index in [0.29, 0.717) is 5.95 Å². The standard InChI is InChI=1S/C8H7N3OS2/c12-8(11-7-9-3-4-10-7)14-6-2-1-5-13-6/h1-5H,(H2,9,10,11,12). The van der Waals surface area contributed by atoms with E-state index < -0.39 is 0 Å². The minimum absolute atomic E-state index is 0.137. The summed E-state index contributed by atoms with van der Waals surface area (Å²) >= 11 is 2.69. The number of hydrogen-bond acceptors (Lipinski definition) is 4. The first-order valence-corrected chi connectivity index (χ1v) is 5.56. The van der Waals surface area contributed by atoms with Gasteiger partial charge in [0.25, 0.3) is 5.24 Å². The summed E-state index contributed by atoms with van der Waals surface area (Å²) in [5.74, 6) is 0.471. The average Bonchev–Trinajstić information content (AvgIpc) is 2.76. The average molecular weight is 225 g/mol. The van der Waals surface area contributed by atoms with Crippen LogP contribution in [0.2, 0.25) is 0 Å². The molecule has 0 saturated carbocycles. The van der Waals surface area contributed by atoms with Gasteiger partial charge in [0, 0.05) is 12.4 Å². The van der Waals surface area contributed by atoms with E-state index in [0.717, 1.165) is 16.0 Å². The van der Waals surface area contributed by atoms with Gasteiger partial charge in [0.2, 0.25) is 5.95 Å². The predicted molar refractivity (Wildman–Crippen MR) is 57.8 cm³/mol. The zero-order valence-corrected chi connectivity index (χ0v) is 8.69. The largest absolute Gasteiger partial charge is 0.331 e. The molecule has 0 spiro atoms. The topological polar surface area (TPSA) is 57.8 Å². The van der Waals surface area contributed by atoms with E-state index in [2.05, 4.69) is 15.3 Å². The lowest BCUT2D eigenvalue weighted by molar-refractivity contribution is 0.269. The van der Waals surface area contributed by atoms with E-state index in [1.54, 1.807) is 12.4 Å². The summed E-state index contributed by atoms with van der Waals surface area (Å²) in [5, 5.41) is 4.42. The van der Waals surface area contributed by atoms with E-state index in [1.807, 2.05) is 17.5 Å². The Balaban J connectivity index is 1.91. The molecule has 0 aliphatic rings. The van der Waals surface area contributed by atoms with Gasteiger partial charge >= 0.3 is 0 Å². The lowest BCUT2D eigenvalue weighted by atomic mass is 10.7. The molecule has 0 aliphatic heterocycles. The van der Waals surface area contributed by atoms with Gasteiger partial charge in [-0.05, 0) is 23.2 Å². The molecule has 0 radical (unpaired) electrons. The molecule has 0 unspecified atom stereocenters. The van der Waals surface area contributed by atoms with Crippen LogP contribution >= 0.6 is 23.1 Å². The number of nitrogens with zero attached hydrogens (tertiary/aromatic N) is 1. The number of imidazole rings is 1. The molecule has 4 nitrogen and oxygen atoms in total. The molecule has 2 heterocycles. The van der Waals surface area contributed by atoms with Crippen LogP contribution in [0, 0.1) is 0 Å². The number of H-pyrrole nitrogens is 1. The first kappa shape index (κ1) is 9.29. The van der Waals surface area contributed by atoms with Gasteiger partial charge in [-0.1, -0.05) is 6.07 Å². The van der Waals surface area contributed by atoms with Crippen molar-refractivity contribution in [3.05, 3.63) is 29.9 Å². The monoisotopic (exact) mass is 225 g/mol. The Bertz CT molecular complexity index is 358. The normalized spacial score (nSPS) is 10.0. The van der Waals surface area contributed by atoms with Crippen LogP contribution in [0.25, 0.3) is 0 Å². The summed E-state index contributed by atoms with van der Waals surface area (Å²) in [4.78, 5) is 18.1. The van der Waals surface area contributed by atoms with E-state index >= 15 is 0 Å². The first-order chi connectivity index (χ1) is 6.84. The van der Waals surface area contributed by atoms with Crippen LogP contribution in [-0.2, 0) is 0 Å². The molecule has 0 fully saturated rings. The maximum absolute atomic E-state index is 11.4. The van der Waals surface area contributed by atoms with Crippen molar-refractivity contribution in [2.24, 2.45) is 0 Å². The SMILES string of the molecule is O=C(Nc1ncc[nH]1)Sc1cccs1. The number of carbonyl (C=O) groups excluding carboxylic acids is 1. The summed E-state index contributed by atoms with van der Waals surface area (Å²) in [5.41, 5.74) is 0. The molecule has 0 bridgehead atoms. The molecule has 1 amide bonds. The highest BCUT2D eigenvalue weighted by molar-refractivity contribution is 8.15. The second-order valence-corrected chi connectivity index (χ2v) is 4.61. The minimum Gasteiger partial charge on any atom is -0.331 e. The quantitative estimate of drug-likeness (QED) is 0.773. The number of carbonyl (C=O) groups is 1. The van der Waals surface area contributed by atoms with E-state index in [9.17, 15) is 4.79 Å². The molecule has 6 heteroatoms. The Morgan fingerprint density at radius 3 is 3.21 bits per heavy atom. The van der Waals surface area contributed by atoms with Gasteiger partial charge in [-0.25, -0.2) is 4.98 Å². The van der Waals surface area contributed by atoms with Gasteiger partial charge < -0.3 is 4.98 Å². The fourth-order valence-electron chi connectivity index (χ4n) is 0.869. The Morgan fingerprint density at radius 1 is 1.64 bits per heavy atom. The number of nitrogens with one attached hydrogen (secondary N) is 2. The highest BCUT2D eigenvalue weighted by atomic mass is 32.2. The Labute approximate surface area is 88.8 Å². The summed E-state index contributed by atoms with van der Waals surface area (Å²) < 4.78 is 0.967. The minimum atomic E-state index is -0.137. The molecule has 2 N–H and O–H groups in total. The number of thioether (sulfide) groups is 1. The second kappa shape index (κ2) is 4.30. The van der Waals surface area contributed by atoms with Crippen LogP contribution in [0.1, 0.15) is 0 Å². The zero-order chi connectivity index (χ0) is 9.80. The third-order valence-corrected chi connectivity index (χ3v) is 3.23. The molecule has 72 valence electrons. The second-order valence-electron chi connectivity index (χ2n) is 2.38. The van der Waals surface area contributed by atoms with Crippen molar-refractivity contribution in [3.63, 3.8) is 0 Å². The third kappa shape index (κ3) is 2.36. The molecular weight excluding hydrogens is 218 g/mol. The van der Waals surface area contributed by atoms with E-state index in [1.165, 1.54) is 11.3 Å². The van der Waals surface area contributed by atoms with E-state index in [-0.39, 0.29) is 5.24 Å². The van der Waals surface area contributed by atoms with Crippen LogP contribution in [-0.4, -0.2) is 15.2 Å². The summed E-state index contributed by atoms with van der Waals surface area (Å²) in [7, 11) is 0. The van der Waals surface area contributed by atoms with Gasteiger partial charge in [0.1, 0.15) is 0 Å². The van der Waals surface area contributed by atoms with Gasteiger partial charge in [-0.15, -0.1) is 11.3 Å². The van der Waals surface area contributed by atoms with Gasteiger partial charge in [-0.3, -0.25) is 10.1 Å². The van der Waals surface area contributed by atoms with Crippen LogP contribution in [0.3, 0.4) is 0 Å². The number of anilines is 1. The fourth-order valence-corrected chi connectivity index (χ4v) is 2.38. The van der Waals surface area contributed by atoms with Crippen molar-refractivity contribution in [2.75, 3.05) is 5.32 Å². The molecule has 14 heavy (non-hydrogen) atoms. The van der Waals surface area contributed by atoms with Crippen molar-refractivity contribution in [1.82, 2.24) is 9.97 Å². The molecule has 0 saturated heterocycles. The third-order valence-electron chi connectivity index (χ3n) is 1.41. The fraction of sp³-hybridized carbons (Fsp3) is 0. The van der Waals surface area contributed by atoms with Gasteiger partial charge in [0.05, 0.1) is 4.21 Å².